The maximum atomic E-state index is 12.1. The highest BCUT2D eigenvalue weighted by Crippen LogP contribution is 2.25. The smallest absolute Gasteiger partial charge is 0.387 e. The van der Waals surface area contributed by atoms with Gasteiger partial charge in [-0.2, -0.15) is 8.78 Å². The van der Waals surface area contributed by atoms with Gasteiger partial charge in [-0.3, -0.25) is 9.59 Å². The number of carboxylic acid groups (broad SMARTS) is 1. The summed E-state index contributed by atoms with van der Waals surface area (Å²) in [4.78, 5) is 21.2. The molecule has 0 aromatic heterocycles. The van der Waals surface area contributed by atoms with Gasteiger partial charge in [-0.25, -0.2) is 0 Å². The van der Waals surface area contributed by atoms with Gasteiger partial charge in [0.2, 0.25) is 0 Å². The molecule has 0 aliphatic carbocycles. The molecule has 0 aliphatic heterocycles. The number of hydrogen-bond donors (Lipinski definition) is 1. The molecule has 0 aliphatic rings. The van der Waals surface area contributed by atoms with Crippen LogP contribution in [0.25, 0.3) is 0 Å². The van der Waals surface area contributed by atoms with E-state index in [9.17, 15) is 18.4 Å². The topological polar surface area (TPSA) is 63.6 Å². The number of aldehydes is 1. The monoisotopic (exact) mass is 244 g/mol. The van der Waals surface area contributed by atoms with Gasteiger partial charge < -0.3 is 9.84 Å². The van der Waals surface area contributed by atoms with Gasteiger partial charge in [0.1, 0.15) is 12.0 Å². The van der Waals surface area contributed by atoms with Crippen LogP contribution in [0.15, 0.2) is 12.1 Å². The normalized spacial score (nSPS) is 10.4. The van der Waals surface area contributed by atoms with Crippen LogP contribution in [-0.4, -0.2) is 24.0 Å². The molecular weight excluding hydrogens is 234 g/mol. The molecule has 0 saturated heterocycles. The van der Waals surface area contributed by atoms with Crippen LogP contribution in [0.4, 0.5) is 8.78 Å². The van der Waals surface area contributed by atoms with E-state index in [0.29, 0.717) is 6.29 Å². The number of halogens is 2. The Morgan fingerprint density at radius 1 is 1.53 bits per heavy atom. The highest BCUT2D eigenvalue weighted by Gasteiger charge is 2.13. The molecule has 4 nitrogen and oxygen atoms in total. The minimum atomic E-state index is -3.02. The predicted molar refractivity (Wildman–Crippen MR) is 54.5 cm³/mol. The summed E-state index contributed by atoms with van der Waals surface area (Å²) in [5.41, 5.74) is 0.634. The Labute approximate surface area is 95.8 Å². The van der Waals surface area contributed by atoms with Gasteiger partial charge in [0.25, 0.3) is 0 Å². The number of carbonyl (C=O) groups is 2. The van der Waals surface area contributed by atoms with Gasteiger partial charge in [0, 0.05) is 11.1 Å². The molecule has 0 amide bonds. The van der Waals surface area contributed by atoms with Crippen molar-refractivity contribution >= 4 is 12.3 Å². The fourth-order valence-electron chi connectivity index (χ4n) is 1.39. The maximum absolute atomic E-state index is 12.1. The predicted octanol–water partition coefficient (Wildman–Crippen LogP) is 2.04. The van der Waals surface area contributed by atoms with Crippen molar-refractivity contribution in [2.24, 2.45) is 0 Å². The van der Waals surface area contributed by atoms with Crippen LogP contribution in [-0.2, 0) is 11.2 Å². The van der Waals surface area contributed by atoms with Crippen LogP contribution in [0.3, 0.4) is 0 Å². The van der Waals surface area contributed by atoms with Gasteiger partial charge in [-0.1, -0.05) is 0 Å². The third-order valence-corrected chi connectivity index (χ3v) is 2.16. The quantitative estimate of drug-likeness (QED) is 0.805. The molecule has 92 valence electrons. The number of ether oxygens (including phenoxy) is 1. The molecule has 0 heterocycles. The molecule has 17 heavy (non-hydrogen) atoms. The van der Waals surface area contributed by atoms with E-state index >= 15 is 0 Å². The number of rotatable bonds is 5. The van der Waals surface area contributed by atoms with Crippen molar-refractivity contribution in [2.75, 3.05) is 0 Å². The first kappa shape index (κ1) is 13.1. The Hall–Kier alpha value is -1.98. The number of aliphatic carboxylic acids is 1. The van der Waals surface area contributed by atoms with E-state index in [2.05, 4.69) is 4.74 Å². The minimum absolute atomic E-state index is 0.138. The zero-order chi connectivity index (χ0) is 13.0. The Morgan fingerprint density at radius 2 is 2.18 bits per heavy atom. The van der Waals surface area contributed by atoms with Crippen LogP contribution in [0.2, 0.25) is 0 Å². The maximum Gasteiger partial charge on any atom is 0.387 e. The summed E-state index contributed by atoms with van der Waals surface area (Å²) in [5.74, 6) is -1.30. The number of carbonyl (C=O) groups excluding carboxylic acids is 1. The number of alkyl halides is 2. The van der Waals surface area contributed by atoms with Crippen LogP contribution in [0, 0.1) is 6.92 Å². The van der Waals surface area contributed by atoms with Crippen molar-refractivity contribution in [1.82, 2.24) is 0 Å². The lowest BCUT2D eigenvalue weighted by atomic mass is 10.0. The molecule has 0 saturated carbocycles. The number of hydrogen-bond acceptors (Lipinski definition) is 3. The van der Waals surface area contributed by atoms with E-state index in [1.54, 1.807) is 0 Å². The number of benzene rings is 1. The second kappa shape index (κ2) is 5.38. The van der Waals surface area contributed by atoms with Gasteiger partial charge in [0.15, 0.2) is 0 Å². The van der Waals surface area contributed by atoms with E-state index in [-0.39, 0.29) is 28.9 Å². The SMILES string of the molecule is Cc1c(C=O)cc(CC(=O)O)cc1OC(F)F. The first-order valence-corrected chi connectivity index (χ1v) is 4.69. The third kappa shape index (κ3) is 3.51. The van der Waals surface area contributed by atoms with Crippen LogP contribution < -0.4 is 4.74 Å². The Balaban J connectivity index is 3.17. The van der Waals surface area contributed by atoms with E-state index < -0.39 is 12.6 Å². The van der Waals surface area contributed by atoms with Crippen molar-refractivity contribution in [3.8, 4) is 5.75 Å². The number of carboxylic acids is 1. The lowest BCUT2D eigenvalue weighted by Gasteiger charge is -2.11. The summed E-state index contributed by atoms with van der Waals surface area (Å²) in [7, 11) is 0. The van der Waals surface area contributed by atoms with E-state index in [1.807, 2.05) is 0 Å². The molecule has 0 bridgehead atoms. The van der Waals surface area contributed by atoms with Crippen molar-refractivity contribution in [3.63, 3.8) is 0 Å². The van der Waals surface area contributed by atoms with Crippen molar-refractivity contribution in [2.45, 2.75) is 20.0 Å². The van der Waals surface area contributed by atoms with E-state index in [0.717, 1.165) is 0 Å². The molecule has 0 spiro atoms. The summed E-state index contributed by atoms with van der Waals surface area (Å²) in [5, 5.41) is 8.60. The lowest BCUT2D eigenvalue weighted by Crippen LogP contribution is -2.07. The average molecular weight is 244 g/mol. The second-order valence-electron chi connectivity index (χ2n) is 3.38. The molecule has 1 aromatic carbocycles. The molecule has 1 aromatic rings. The summed E-state index contributed by atoms with van der Waals surface area (Å²) in [6, 6.07) is 2.54. The molecule has 1 rings (SSSR count). The third-order valence-electron chi connectivity index (χ3n) is 2.16. The van der Waals surface area contributed by atoms with Crippen molar-refractivity contribution in [1.29, 1.82) is 0 Å². The van der Waals surface area contributed by atoms with E-state index in [1.165, 1.54) is 19.1 Å². The van der Waals surface area contributed by atoms with Crippen molar-refractivity contribution in [3.05, 3.63) is 28.8 Å². The van der Waals surface area contributed by atoms with Crippen molar-refractivity contribution < 1.29 is 28.2 Å². The summed E-state index contributed by atoms with van der Waals surface area (Å²) >= 11 is 0. The standard InChI is InChI=1S/C11H10F2O4/c1-6-8(5-14)2-7(4-10(15)16)3-9(6)17-11(12)13/h2-3,5,11H,4H2,1H3,(H,15,16). The molecule has 6 heteroatoms. The fraction of sp³-hybridized carbons (Fsp3) is 0.273. The molecule has 0 fully saturated rings. The van der Waals surface area contributed by atoms with Gasteiger partial charge >= 0.3 is 12.6 Å². The van der Waals surface area contributed by atoms with Crippen LogP contribution in [0.5, 0.6) is 5.75 Å². The fourth-order valence-corrected chi connectivity index (χ4v) is 1.39. The Kier molecular flexibility index (Phi) is 4.14. The van der Waals surface area contributed by atoms with Gasteiger partial charge in [0.05, 0.1) is 6.42 Å². The zero-order valence-electron chi connectivity index (χ0n) is 8.94. The summed E-state index contributed by atoms with van der Waals surface area (Å²) in [6.07, 6.45) is 0.111. The molecule has 0 unspecified atom stereocenters. The minimum Gasteiger partial charge on any atom is -0.481 e. The highest BCUT2D eigenvalue weighted by atomic mass is 19.3. The largest absolute Gasteiger partial charge is 0.481 e. The highest BCUT2D eigenvalue weighted by molar-refractivity contribution is 5.80. The Morgan fingerprint density at radius 3 is 2.65 bits per heavy atom. The first-order chi connectivity index (χ1) is 7.93. The van der Waals surface area contributed by atoms with Gasteiger partial charge in [-0.05, 0) is 24.6 Å². The molecular formula is C11H10F2O4. The molecule has 0 radical (unpaired) electrons. The second-order valence-corrected chi connectivity index (χ2v) is 3.38. The molecule has 1 N–H and O–H groups in total. The van der Waals surface area contributed by atoms with Gasteiger partial charge in [-0.15, -0.1) is 0 Å². The van der Waals surface area contributed by atoms with Crippen LogP contribution >= 0.6 is 0 Å². The zero-order valence-corrected chi connectivity index (χ0v) is 8.94. The molecule has 0 atom stereocenters. The van der Waals surface area contributed by atoms with Crippen LogP contribution in [0.1, 0.15) is 21.5 Å². The lowest BCUT2D eigenvalue weighted by molar-refractivity contribution is -0.136. The first-order valence-electron chi connectivity index (χ1n) is 4.69. The Bertz CT molecular complexity index is 443. The summed E-state index contributed by atoms with van der Waals surface area (Å²) in [6.45, 7) is -1.57. The summed E-state index contributed by atoms with van der Waals surface area (Å²) < 4.78 is 28.4. The van der Waals surface area contributed by atoms with E-state index in [4.69, 9.17) is 5.11 Å². The average Bonchev–Trinajstić information content (AvgIpc) is 2.21.